The van der Waals surface area contributed by atoms with Gasteiger partial charge in [-0.25, -0.2) is 0 Å². The fourth-order valence-corrected chi connectivity index (χ4v) is 4.90. The third-order valence-electron chi connectivity index (χ3n) is 5.30. The summed E-state index contributed by atoms with van der Waals surface area (Å²) in [5, 5.41) is 2.94. The molecule has 160 valence electrons. The molecule has 31 heavy (non-hydrogen) atoms. The van der Waals surface area contributed by atoms with Gasteiger partial charge in [0.1, 0.15) is 6.10 Å². The van der Waals surface area contributed by atoms with Crippen LogP contribution in [0, 0.1) is 0 Å². The number of carbonyl (C=O) groups excluding carboxylic acids is 4. The molecule has 2 heterocycles. The number of nitrogens with one attached hydrogen (secondary N) is 1. The van der Waals surface area contributed by atoms with Gasteiger partial charge in [0.05, 0.1) is 17.2 Å². The smallest absolute Gasteiger partial charge is 0.306 e. The fourth-order valence-electron chi connectivity index (χ4n) is 3.68. The minimum atomic E-state index is -0.400. The number of fused-ring (bicyclic) bond motifs is 1. The zero-order valence-electron chi connectivity index (χ0n) is 16.8. The lowest BCUT2D eigenvalue weighted by Crippen LogP contribution is -2.44. The van der Waals surface area contributed by atoms with Gasteiger partial charge in [-0.3, -0.25) is 24.1 Å². The average molecular weight is 439 g/mol. The summed E-state index contributed by atoms with van der Waals surface area (Å²) in [6.45, 7) is 0.162. The van der Waals surface area contributed by atoms with Crippen LogP contribution in [0.5, 0.6) is 0 Å². The van der Waals surface area contributed by atoms with E-state index in [1.165, 1.54) is 4.90 Å². The summed E-state index contributed by atoms with van der Waals surface area (Å²) < 4.78 is 5.58. The van der Waals surface area contributed by atoms with Gasteiger partial charge >= 0.3 is 5.97 Å². The maximum Gasteiger partial charge on any atom is 0.306 e. The molecule has 0 aliphatic carbocycles. The van der Waals surface area contributed by atoms with Crippen LogP contribution < -0.4 is 5.32 Å². The van der Waals surface area contributed by atoms with Gasteiger partial charge in [0.2, 0.25) is 0 Å². The van der Waals surface area contributed by atoms with Gasteiger partial charge < -0.3 is 10.1 Å². The van der Waals surface area contributed by atoms with E-state index in [0.717, 1.165) is 0 Å². The molecular weight excluding hydrogens is 416 g/mol. The van der Waals surface area contributed by atoms with Crippen LogP contribution in [0.2, 0.25) is 0 Å². The second-order valence-corrected chi connectivity index (χ2v) is 8.50. The van der Waals surface area contributed by atoms with Crippen molar-refractivity contribution in [2.24, 2.45) is 0 Å². The Morgan fingerprint density at radius 2 is 1.61 bits per heavy atom. The quantitative estimate of drug-likeness (QED) is 0.528. The summed E-state index contributed by atoms with van der Waals surface area (Å²) in [5.41, 5.74) is 1.36. The molecule has 2 aromatic rings. The predicted octanol–water partition coefficient (Wildman–Crippen LogP) is 2.52. The monoisotopic (exact) mass is 438 g/mol. The Labute approximate surface area is 184 Å². The van der Waals surface area contributed by atoms with Crippen molar-refractivity contribution in [2.75, 3.05) is 18.1 Å². The van der Waals surface area contributed by atoms with Crippen molar-refractivity contribution < 1.29 is 23.9 Å². The molecule has 1 fully saturated rings. The van der Waals surface area contributed by atoms with Gasteiger partial charge in [-0.15, -0.1) is 0 Å². The highest BCUT2D eigenvalue weighted by Crippen LogP contribution is 2.24. The lowest BCUT2D eigenvalue weighted by molar-refractivity contribution is -0.148. The van der Waals surface area contributed by atoms with Gasteiger partial charge in [0.15, 0.2) is 0 Å². The number of imide groups is 1. The van der Waals surface area contributed by atoms with E-state index < -0.39 is 12.1 Å². The number of carbonyl (C=O) groups is 4. The van der Waals surface area contributed by atoms with E-state index >= 15 is 0 Å². The summed E-state index contributed by atoms with van der Waals surface area (Å²) in [6.07, 6.45) is 0.0172. The number of benzene rings is 2. The maximum absolute atomic E-state index is 12.4. The van der Waals surface area contributed by atoms with E-state index in [0.29, 0.717) is 34.6 Å². The first-order valence-electron chi connectivity index (χ1n) is 10.1. The van der Waals surface area contributed by atoms with Crippen LogP contribution in [0.3, 0.4) is 0 Å². The predicted molar refractivity (Wildman–Crippen MR) is 116 cm³/mol. The molecule has 0 saturated carbocycles. The van der Waals surface area contributed by atoms with Gasteiger partial charge in [-0.05, 0) is 30.7 Å². The van der Waals surface area contributed by atoms with E-state index in [2.05, 4.69) is 5.32 Å². The molecule has 3 amide bonds. The van der Waals surface area contributed by atoms with Crippen LogP contribution in [0.1, 0.15) is 43.9 Å². The number of esters is 1. The minimum Gasteiger partial charge on any atom is -0.459 e. The number of hydrogen-bond donors (Lipinski definition) is 1. The zero-order valence-corrected chi connectivity index (χ0v) is 17.6. The summed E-state index contributed by atoms with van der Waals surface area (Å²) >= 11 is 1.62. The van der Waals surface area contributed by atoms with Crippen molar-refractivity contribution in [1.82, 2.24) is 10.2 Å². The van der Waals surface area contributed by atoms with Crippen molar-refractivity contribution in [3.63, 3.8) is 0 Å². The second-order valence-electron chi connectivity index (χ2n) is 7.42. The minimum absolute atomic E-state index is 0.0912. The van der Waals surface area contributed by atoms with Crippen molar-refractivity contribution >= 4 is 35.5 Å². The first-order valence-corrected chi connectivity index (χ1v) is 11.3. The average Bonchev–Trinajstić information content (AvgIpc) is 3.31. The van der Waals surface area contributed by atoms with Gasteiger partial charge in [0.25, 0.3) is 17.7 Å². The normalized spacial score (nSPS) is 19.9. The number of amides is 3. The highest BCUT2D eigenvalue weighted by atomic mass is 32.2. The highest BCUT2D eigenvalue weighted by Gasteiger charge is 2.35. The molecule has 2 aromatic carbocycles. The Bertz CT molecular complexity index is 975. The molecule has 0 radical (unpaired) electrons. The van der Waals surface area contributed by atoms with Crippen LogP contribution in [-0.4, -0.2) is 58.8 Å². The first kappa shape index (κ1) is 21.1. The Morgan fingerprint density at radius 1 is 0.968 bits per heavy atom. The maximum atomic E-state index is 12.4. The Balaban J connectivity index is 1.25. The Hall–Kier alpha value is -3.13. The number of nitrogens with zero attached hydrogens (tertiary/aromatic N) is 1. The molecule has 2 atom stereocenters. The molecule has 1 saturated heterocycles. The SMILES string of the molecule is O=C(CCCN1C(=O)c2ccccc2C1=O)O[C@@H]1CSC[C@H]1NC(=O)c1ccccc1. The van der Waals surface area contributed by atoms with Gasteiger partial charge in [-0.2, -0.15) is 11.8 Å². The largest absolute Gasteiger partial charge is 0.459 e. The van der Waals surface area contributed by atoms with Crippen molar-refractivity contribution in [3.05, 3.63) is 71.3 Å². The van der Waals surface area contributed by atoms with E-state index in [9.17, 15) is 19.2 Å². The van der Waals surface area contributed by atoms with Gasteiger partial charge in [-0.1, -0.05) is 30.3 Å². The topological polar surface area (TPSA) is 92.8 Å². The highest BCUT2D eigenvalue weighted by molar-refractivity contribution is 7.99. The molecular formula is C23H22N2O5S. The lowest BCUT2D eigenvalue weighted by atomic mass is 10.1. The molecule has 4 rings (SSSR count). The standard InChI is InChI=1S/C23H22N2O5S/c26-20(11-6-12-25-22(28)16-9-4-5-10-17(16)23(25)29)30-19-14-31-13-18(19)24-21(27)15-7-2-1-3-8-15/h1-5,7-10,18-19H,6,11-14H2,(H,24,27)/t18-,19-/m1/s1. The Morgan fingerprint density at radius 3 is 2.29 bits per heavy atom. The molecule has 8 heteroatoms. The summed E-state index contributed by atoms with van der Waals surface area (Å²) in [5.74, 6) is 0.0349. The summed E-state index contributed by atoms with van der Waals surface area (Å²) in [4.78, 5) is 50.6. The number of ether oxygens (including phenoxy) is 1. The van der Waals surface area contributed by atoms with Gasteiger partial charge in [0, 0.05) is 30.0 Å². The zero-order chi connectivity index (χ0) is 21.8. The van der Waals surface area contributed by atoms with E-state index in [1.54, 1.807) is 60.3 Å². The number of rotatable bonds is 7. The number of thioether (sulfide) groups is 1. The summed E-state index contributed by atoms with van der Waals surface area (Å²) in [6, 6.07) is 15.3. The molecule has 2 aliphatic heterocycles. The van der Waals surface area contributed by atoms with E-state index in [-0.39, 0.29) is 36.7 Å². The lowest BCUT2D eigenvalue weighted by Gasteiger charge is -2.21. The third kappa shape index (κ3) is 4.64. The van der Waals surface area contributed by atoms with Crippen molar-refractivity contribution in [3.8, 4) is 0 Å². The van der Waals surface area contributed by atoms with E-state index in [1.807, 2.05) is 6.07 Å². The first-order chi connectivity index (χ1) is 15.0. The Kier molecular flexibility index (Phi) is 6.36. The van der Waals surface area contributed by atoms with Crippen LogP contribution in [-0.2, 0) is 9.53 Å². The third-order valence-corrected chi connectivity index (χ3v) is 6.46. The van der Waals surface area contributed by atoms with Crippen molar-refractivity contribution in [1.29, 1.82) is 0 Å². The molecule has 0 aromatic heterocycles. The van der Waals surface area contributed by atoms with E-state index in [4.69, 9.17) is 4.74 Å². The van der Waals surface area contributed by atoms with Crippen LogP contribution in [0.15, 0.2) is 54.6 Å². The number of hydrogen-bond acceptors (Lipinski definition) is 6. The fraction of sp³-hybridized carbons (Fsp3) is 0.304. The summed E-state index contributed by atoms with van der Waals surface area (Å²) in [7, 11) is 0. The van der Waals surface area contributed by atoms with Crippen LogP contribution in [0.25, 0.3) is 0 Å². The molecule has 2 aliphatic rings. The van der Waals surface area contributed by atoms with Crippen molar-refractivity contribution in [2.45, 2.75) is 25.0 Å². The molecule has 1 N–H and O–H groups in total. The second kappa shape index (κ2) is 9.34. The van der Waals surface area contributed by atoms with Crippen LogP contribution >= 0.6 is 11.8 Å². The van der Waals surface area contributed by atoms with Crippen LogP contribution in [0.4, 0.5) is 0 Å². The molecule has 0 unspecified atom stereocenters. The molecule has 0 spiro atoms. The molecule has 0 bridgehead atoms. The molecule has 7 nitrogen and oxygen atoms in total.